The Morgan fingerprint density at radius 3 is 2.05 bits per heavy atom. The highest BCUT2D eigenvalue weighted by Crippen LogP contribution is 2.31. The first-order valence-corrected chi connectivity index (χ1v) is 6.96. The summed E-state index contributed by atoms with van der Waals surface area (Å²) in [7, 11) is 0. The third kappa shape index (κ3) is 3.23. The number of azo groups is 1. The first-order valence-electron chi connectivity index (χ1n) is 6.96. The van der Waals surface area contributed by atoms with E-state index in [1.54, 1.807) is 0 Å². The first-order chi connectivity index (χ1) is 10.3. The van der Waals surface area contributed by atoms with Crippen LogP contribution in [0, 0.1) is 6.92 Å². The molecule has 2 nitrogen and oxygen atoms in total. The maximum absolute atomic E-state index is 4.40. The van der Waals surface area contributed by atoms with Crippen molar-refractivity contribution in [2.45, 2.75) is 6.92 Å². The van der Waals surface area contributed by atoms with Crippen LogP contribution >= 0.6 is 0 Å². The van der Waals surface area contributed by atoms with Crippen LogP contribution in [0.3, 0.4) is 0 Å². The van der Waals surface area contributed by atoms with Gasteiger partial charge in [-0.1, -0.05) is 66.2 Å². The number of benzene rings is 3. The number of nitrogens with zero attached hydrogens (tertiary/aromatic N) is 2. The Morgan fingerprint density at radius 1 is 0.619 bits per heavy atom. The summed E-state index contributed by atoms with van der Waals surface area (Å²) in [5, 5.41) is 8.71. The number of aryl methyl sites for hydroxylation is 1. The van der Waals surface area contributed by atoms with Gasteiger partial charge in [0.05, 0.1) is 11.4 Å². The minimum absolute atomic E-state index is 0.858. The van der Waals surface area contributed by atoms with Crippen molar-refractivity contribution in [3.63, 3.8) is 0 Å². The minimum Gasteiger partial charge on any atom is -0.151 e. The highest BCUT2D eigenvalue weighted by atomic mass is 15.1. The zero-order valence-electron chi connectivity index (χ0n) is 11.9. The number of hydrogen-bond donors (Lipinski definition) is 0. The fourth-order valence-electron chi connectivity index (χ4n) is 2.14. The van der Waals surface area contributed by atoms with Gasteiger partial charge < -0.3 is 0 Å². The molecule has 0 aliphatic carbocycles. The Bertz CT molecular complexity index is 744. The van der Waals surface area contributed by atoms with Crippen molar-refractivity contribution in [1.82, 2.24) is 0 Å². The molecule has 0 fully saturated rings. The molecule has 3 rings (SSSR count). The van der Waals surface area contributed by atoms with Crippen LogP contribution in [0.15, 0.2) is 89.1 Å². The van der Waals surface area contributed by atoms with E-state index in [0.717, 1.165) is 22.5 Å². The topological polar surface area (TPSA) is 24.7 Å². The van der Waals surface area contributed by atoms with Crippen LogP contribution in [-0.2, 0) is 0 Å². The Balaban J connectivity index is 1.96. The second-order valence-electron chi connectivity index (χ2n) is 4.92. The Hall–Kier alpha value is -2.74. The van der Waals surface area contributed by atoms with E-state index in [-0.39, 0.29) is 0 Å². The lowest BCUT2D eigenvalue weighted by molar-refractivity contribution is 1.23. The quantitative estimate of drug-likeness (QED) is 0.516. The van der Waals surface area contributed by atoms with E-state index in [4.69, 9.17) is 0 Å². The SMILES string of the molecule is Cc1ccc(-c2ccccc2N=Nc2ccccc2)cc1. The molecule has 102 valence electrons. The van der Waals surface area contributed by atoms with E-state index in [9.17, 15) is 0 Å². The molecule has 0 aliphatic heterocycles. The third-order valence-corrected chi connectivity index (χ3v) is 3.30. The van der Waals surface area contributed by atoms with Crippen molar-refractivity contribution in [3.8, 4) is 11.1 Å². The van der Waals surface area contributed by atoms with Crippen molar-refractivity contribution in [2.24, 2.45) is 10.2 Å². The van der Waals surface area contributed by atoms with Gasteiger partial charge in [-0.25, -0.2) is 0 Å². The maximum atomic E-state index is 4.40. The van der Waals surface area contributed by atoms with Gasteiger partial charge in [0, 0.05) is 5.56 Å². The van der Waals surface area contributed by atoms with E-state index in [1.807, 2.05) is 48.5 Å². The smallest absolute Gasteiger partial charge is 0.0935 e. The molecule has 3 aromatic rings. The van der Waals surface area contributed by atoms with Crippen molar-refractivity contribution >= 4 is 11.4 Å². The predicted molar refractivity (Wildman–Crippen MR) is 87.2 cm³/mol. The molecule has 2 heteroatoms. The van der Waals surface area contributed by atoms with Crippen LogP contribution in [-0.4, -0.2) is 0 Å². The maximum Gasteiger partial charge on any atom is 0.0935 e. The molecule has 0 aliphatic rings. The molecular formula is C19H16N2. The highest BCUT2D eigenvalue weighted by Gasteiger charge is 2.03. The molecule has 21 heavy (non-hydrogen) atoms. The predicted octanol–water partition coefficient (Wildman–Crippen LogP) is 6.08. The molecular weight excluding hydrogens is 256 g/mol. The lowest BCUT2D eigenvalue weighted by Crippen LogP contribution is -1.79. The van der Waals surface area contributed by atoms with Gasteiger partial charge >= 0.3 is 0 Å². The highest BCUT2D eigenvalue weighted by molar-refractivity contribution is 5.75. The lowest BCUT2D eigenvalue weighted by atomic mass is 10.0. The summed E-state index contributed by atoms with van der Waals surface area (Å²) in [6.07, 6.45) is 0. The second kappa shape index (κ2) is 6.14. The molecule has 0 saturated carbocycles. The fourth-order valence-corrected chi connectivity index (χ4v) is 2.14. The normalized spacial score (nSPS) is 10.9. The monoisotopic (exact) mass is 272 g/mol. The molecule has 0 amide bonds. The molecule has 0 atom stereocenters. The molecule has 0 unspecified atom stereocenters. The number of hydrogen-bond acceptors (Lipinski definition) is 2. The summed E-state index contributed by atoms with van der Waals surface area (Å²) in [5.74, 6) is 0. The van der Waals surface area contributed by atoms with Crippen molar-refractivity contribution in [3.05, 3.63) is 84.4 Å². The molecule has 0 spiro atoms. The molecule has 3 aromatic carbocycles. The van der Waals surface area contributed by atoms with Crippen molar-refractivity contribution in [2.75, 3.05) is 0 Å². The summed E-state index contributed by atoms with van der Waals surface area (Å²) in [5.41, 5.74) is 5.24. The minimum atomic E-state index is 0.858. The van der Waals surface area contributed by atoms with E-state index < -0.39 is 0 Å². The van der Waals surface area contributed by atoms with Crippen LogP contribution < -0.4 is 0 Å². The summed E-state index contributed by atoms with van der Waals surface area (Å²) in [6.45, 7) is 2.09. The molecule has 0 N–H and O–H groups in total. The van der Waals surface area contributed by atoms with Crippen LogP contribution in [0.4, 0.5) is 11.4 Å². The average Bonchev–Trinajstić information content (AvgIpc) is 2.55. The van der Waals surface area contributed by atoms with Gasteiger partial charge in [0.25, 0.3) is 0 Å². The van der Waals surface area contributed by atoms with Crippen LogP contribution in [0.2, 0.25) is 0 Å². The van der Waals surface area contributed by atoms with E-state index in [0.29, 0.717) is 0 Å². The summed E-state index contributed by atoms with van der Waals surface area (Å²) in [4.78, 5) is 0. The van der Waals surface area contributed by atoms with Crippen molar-refractivity contribution < 1.29 is 0 Å². The third-order valence-electron chi connectivity index (χ3n) is 3.30. The van der Waals surface area contributed by atoms with Crippen LogP contribution in [0.1, 0.15) is 5.56 Å². The van der Waals surface area contributed by atoms with Gasteiger partial charge in [-0.3, -0.25) is 0 Å². The van der Waals surface area contributed by atoms with Gasteiger partial charge in [-0.05, 0) is 30.7 Å². The lowest BCUT2D eigenvalue weighted by Gasteiger charge is -2.05. The standard InChI is InChI=1S/C19H16N2/c1-15-11-13-16(14-12-15)18-9-5-6-10-19(18)21-20-17-7-3-2-4-8-17/h2-14H,1H3. The molecule has 0 radical (unpaired) electrons. The molecule has 0 saturated heterocycles. The average molecular weight is 272 g/mol. The molecule has 0 aromatic heterocycles. The number of rotatable bonds is 3. The fraction of sp³-hybridized carbons (Fsp3) is 0.0526. The molecule has 0 bridgehead atoms. The summed E-state index contributed by atoms with van der Waals surface area (Å²) < 4.78 is 0. The van der Waals surface area contributed by atoms with Gasteiger partial charge in [0.1, 0.15) is 0 Å². The Kier molecular flexibility index (Phi) is 3.88. The van der Waals surface area contributed by atoms with E-state index in [1.165, 1.54) is 5.56 Å². The largest absolute Gasteiger partial charge is 0.151 e. The van der Waals surface area contributed by atoms with Crippen LogP contribution in [0.5, 0.6) is 0 Å². The zero-order chi connectivity index (χ0) is 14.5. The van der Waals surface area contributed by atoms with Gasteiger partial charge in [-0.15, -0.1) is 5.11 Å². The van der Waals surface area contributed by atoms with Gasteiger partial charge in [-0.2, -0.15) is 5.11 Å². The van der Waals surface area contributed by atoms with Crippen LogP contribution in [0.25, 0.3) is 11.1 Å². The van der Waals surface area contributed by atoms with Gasteiger partial charge in [0.15, 0.2) is 0 Å². The second-order valence-corrected chi connectivity index (χ2v) is 4.92. The summed E-state index contributed by atoms with van der Waals surface area (Å²) in [6, 6.07) is 26.3. The first kappa shape index (κ1) is 13.3. The molecule has 0 heterocycles. The Labute approximate surface area is 124 Å². The van der Waals surface area contributed by atoms with E-state index >= 15 is 0 Å². The Morgan fingerprint density at radius 2 is 1.29 bits per heavy atom. The van der Waals surface area contributed by atoms with E-state index in [2.05, 4.69) is 47.5 Å². The summed E-state index contributed by atoms with van der Waals surface area (Å²) >= 11 is 0. The van der Waals surface area contributed by atoms with Crippen molar-refractivity contribution in [1.29, 1.82) is 0 Å². The van der Waals surface area contributed by atoms with Gasteiger partial charge in [0.2, 0.25) is 0 Å². The zero-order valence-corrected chi connectivity index (χ0v) is 11.9.